The maximum Gasteiger partial charge on any atom is 0.243 e. The molecule has 14 heteroatoms. The topological polar surface area (TPSA) is 138 Å². The number of sulfone groups is 1. The zero-order valence-electron chi connectivity index (χ0n) is 16.4. The van der Waals surface area contributed by atoms with Crippen molar-refractivity contribution in [3.63, 3.8) is 0 Å². The summed E-state index contributed by atoms with van der Waals surface area (Å²) in [6.45, 7) is -0.768. The molecule has 0 aliphatic carbocycles. The molecule has 2 aromatic carbocycles. The van der Waals surface area contributed by atoms with E-state index in [1.807, 2.05) is 0 Å². The van der Waals surface area contributed by atoms with Crippen LogP contribution in [-0.4, -0.2) is 71.4 Å². The molecule has 1 fully saturated rings. The number of benzene rings is 2. The number of halogens is 2. The van der Waals surface area contributed by atoms with Gasteiger partial charge in [-0.1, -0.05) is 23.2 Å². The van der Waals surface area contributed by atoms with Crippen LogP contribution in [0.5, 0.6) is 0 Å². The summed E-state index contributed by atoms with van der Waals surface area (Å²) in [6.07, 6.45) is -1.45. The molecular formula is C18H20Cl2N2O7S3. The number of nitrogens with zero attached hydrogens (tertiary/aromatic N) is 1. The van der Waals surface area contributed by atoms with Crippen LogP contribution in [-0.2, 0) is 29.9 Å². The number of nitrogens with one attached hydrogen (secondary N) is 1. The lowest BCUT2D eigenvalue weighted by Gasteiger charge is -2.29. The molecule has 0 unspecified atom stereocenters. The van der Waals surface area contributed by atoms with E-state index in [0.29, 0.717) is 10.0 Å². The quantitative estimate of drug-likeness (QED) is 0.509. The summed E-state index contributed by atoms with van der Waals surface area (Å²) in [5.74, 6) is -1.16. The summed E-state index contributed by atoms with van der Waals surface area (Å²) in [5, 5.41) is 10.9. The number of sulfonamides is 2. The molecule has 1 aliphatic heterocycles. The van der Waals surface area contributed by atoms with Crippen molar-refractivity contribution in [1.29, 1.82) is 0 Å². The minimum Gasteiger partial charge on any atom is -0.390 e. The van der Waals surface area contributed by atoms with Crippen LogP contribution >= 0.6 is 23.2 Å². The van der Waals surface area contributed by atoms with E-state index in [1.165, 1.54) is 48.5 Å². The molecule has 176 valence electrons. The van der Waals surface area contributed by atoms with Gasteiger partial charge in [0.05, 0.1) is 33.4 Å². The molecule has 0 spiro atoms. The average Bonchev–Trinajstić information content (AvgIpc) is 2.97. The van der Waals surface area contributed by atoms with E-state index in [0.717, 1.165) is 4.31 Å². The Morgan fingerprint density at radius 2 is 1.41 bits per heavy atom. The van der Waals surface area contributed by atoms with E-state index in [-0.39, 0.29) is 16.3 Å². The largest absolute Gasteiger partial charge is 0.390 e. The lowest BCUT2D eigenvalue weighted by molar-refractivity contribution is 0.128. The van der Waals surface area contributed by atoms with E-state index < -0.39 is 60.1 Å². The Hall–Kier alpha value is -1.25. The molecule has 0 aromatic heterocycles. The summed E-state index contributed by atoms with van der Waals surface area (Å²) in [7, 11) is -11.9. The molecule has 3 rings (SSSR count). The second-order valence-electron chi connectivity index (χ2n) is 7.13. The van der Waals surface area contributed by atoms with Gasteiger partial charge in [-0.05, 0) is 48.5 Å². The Balaban J connectivity index is 1.86. The molecule has 1 heterocycles. The predicted molar refractivity (Wildman–Crippen MR) is 120 cm³/mol. The minimum atomic E-state index is -4.27. The lowest BCUT2D eigenvalue weighted by atomic mass is 10.2. The normalized spacial score (nSPS) is 21.1. The zero-order valence-corrected chi connectivity index (χ0v) is 20.4. The highest BCUT2D eigenvalue weighted by Gasteiger charge is 2.44. The monoisotopic (exact) mass is 542 g/mol. The highest BCUT2D eigenvalue weighted by molar-refractivity contribution is 7.92. The van der Waals surface area contributed by atoms with Gasteiger partial charge in [-0.2, -0.15) is 4.31 Å². The predicted octanol–water partition coefficient (Wildman–Crippen LogP) is 1.12. The number of aliphatic hydroxyl groups excluding tert-OH is 1. The van der Waals surface area contributed by atoms with Crippen molar-refractivity contribution >= 4 is 53.1 Å². The second kappa shape index (κ2) is 9.55. The van der Waals surface area contributed by atoms with Crippen LogP contribution in [0.4, 0.5) is 0 Å². The van der Waals surface area contributed by atoms with Gasteiger partial charge in [0.15, 0.2) is 9.84 Å². The first-order valence-electron chi connectivity index (χ1n) is 9.23. The summed E-state index contributed by atoms with van der Waals surface area (Å²) in [4.78, 5) is -0.239. The summed E-state index contributed by atoms with van der Waals surface area (Å²) in [6, 6.07) is 9.33. The smallest absolute Gasteiger partial charge is 0.243 e. The third-order valence-corrected chi connectivity index (χ3v) is 10.5. The first-order chi connectivity index (χ1) is 14.8. The Morgan fingerprint density at radius 3 is 1.88 bits per heavy atom. The Bertz CT molecular complexity index is 1280. The Kier molecular flexibility index (Phi) is 7.57. The highest BCUT2D eigenvalue weighted by Crippen LogP contribution is 2.26. The SMILES string of the molecule is O=S1(=O)C[C@@H](O)[C@H](N(CCNS(=O)(=O)c2ccc(Cl)cc2)S(=O)(=O)c2ccc(Cl)cc2)C1. The van der Waals surface area contributed by atoms with E-state index in [2.05, 4.69) is 4.72 Å². The maximum absolute atomic E-state index is 13.2. The van der Waals surface area contributed by atoms with Gasteiger partial charge in [0.25, 0.3) is 0 Å². The molecule has 1 aliphatic rings. The van der Waals surface area contributed by atoms with Crippen molar-refractivity contribution in [1.82, 2.24) is 9.03 Å². The van der Waals surface area contributed by atoms with Crippen molar-refractivity contribution < 1.29 is 30.4 Å². The van der Waals surface area contributed by atoms with Crippen LogP contribution in [0.1, 0.15) is 0 Å². The molecule has 9 nitrogen and oxygen atoms in total. The standard InChI is InChI=1S/C18H20Cl2N2O7S3/c19-13-1-5-15(6-2-13)31(26,27)21-9-10-22(17-11-30(24,25)12-18(17)23)32(28,29)16-7-3-14(20)4-8-16/h1-8,17-18,21,23H,9-12H2/t17-,18-/m1/s1. The van der Waals surface area contributed by atoms with Crippen LogP contribution in [0.2, 0.25) is 10.0 Å². The fourth-order valence-corrected chi connectivity index (χ4v) is 8.10. The molecule has 1 saturated heterocycles. The van der Waals surface area contributed by atoms with Crippen LogP contribution < -0.4 is 4.72 Å². The fraction of sp³-hybridized carbons (Fsp3) is 0.333. The van der Waals surface area contributed by atoms with Crippen LogP contribution in [0, 0.1) is 0 Å². The fourth-order valence-electron chi connectivity index (χ4n) is 3.28. The van der Waals surface area contributed by atoms with Crippen LogP contribution in [0.15, 0.2) is 58.3 Å². The van der Waals surface area contributed by atoms with Crippen molar-refractivity contribution in [2.45, 2.75) is 21.9 Å². The average molecular weight is 543 g/mol. The van der Waals surface area contributed by atoms with Gasteiger partial charge in [0, 0.05) is 23.1 Å². The number of rotatable bonds is 8. The first kappa shape index (κ1) is 25.4. The molecule has 0 saturated carbocycles. The van der Waals surface area contributed by atoms with Crippen LogP contribution in [0.25, 0.3) is 0 Å². The molecule has 32 heavy (non-hydrogen) atoms. The molecule has 0 radical (unpaired) electrons. The van der Waals surface area contributed by atoms with Crippen molar-refractivity contribution in [2.75, 3.05) is 24.6 Å². The Labute approximate surface area is 197 Å². The molecule has 0 bridgehead atoms. The first-order valence-corrected chi connectivity index (χ1v) is 14.7. The van der Waals surface area contributed by atoms with Gasteiger partial charge in [-0.15, -0.1) is 0 Å². The Morgan fingerprint density at radius 1 is 0.906 bits per heavy atom. The van der Waals surface area contributed by atoms with E-state index in [9.17, 15) is 30.4 Å². The van der Waals surface area contributed by atoms with Gasteiger partial charge < -0.3 is 5.11 Å². The maximum atomic E-state index is 13.2. The van der Waals surface area contributed by atoms with Gasteiger partial charge in [0.2, 0.25) is 20.0 Å². The third-order valence-electron chi connectivity index (χ3n) is 4.83. The highest BCUT2D eigenvalue weighted by atomic mass is 35.5. The third kappa shape index (κ3) is 5.81. The molecule has 2 N–H and O–H groups in total. The molecule has 2 aromatic rings. The summed E-state index contributed by atoms with van der Waals surface area (Å²) >= 11 is 11.6. The molecule has 2 atom stereocenters. The van der Waals surface area contributed by atoms with Gasteiger partial charge in [-0.3, -0.25) is 0 Å². The van der Waals surface area contributed by atoms with Crippen molar-refractivity contribution in [3.05, 3.63) is 58.6 Å². The second-order valence-corrected chi connectivity index (χ2v) is 13.8. The zero-order chi connectivity index (χ0) is 23.7. The van der Waals surface area contributed by atoms with Crippen LogP contribution in [0.3, 0.4) is 0 Å². The number of hydrogen-bond acceptors (Lipinski definition) is 7. The van der Waals surface area contributed by atoms with Gasteiger partial charge >= 0.3 is 0 Å². The summed E-state index contributed by atoms with van der Waals surface area (Å²) in [5.41, 5.74) is 0. The van der Waals surface area contributed by atoms with E-state index in [4.69, 9.17) is 23.2 Å². The number of aliphatic hydroxyl groups is 1. The summed E-state index contributed by atoms with van der Waals surface area (Å²) < 4.78 is 78.5. The van der Waals surface area contributed by atoms with Crippen molar-refractivity contribution in [3.8, 4) is 0 Å². The number of hydrogen-bond donors (Lipinski definition) is 2. The van der Waals surface area contributed by atoms with E-state index in [1.54, 1.807) is 0 Å². The lowest BCUT2D eigenvalue weighted by Crippen LogP contribution is -2.49. The van der Waals surface area contributed by atoms with Crippen molar-refractivity contribution in [2.24, 2.45) is 0 Å². The van der Waals surface area contributed by atoms with Gasteiger partial charge in [-0.25, -0.2) is 30.0 Å². The molecule has 0 amide bonds. The minimum absolute atomic E-state index is 0.0718. The van der Waals surface area contributed by atoms with E-state index >= 15 is 0 Å². The molecular weight excluding hydrogens is 523 g/mol. The van der Waals surface area contributed by atoms with Gasteiger partial charge in [0.1, 0.15) is 0 Å².